The van der Waals surface area contributed by atoms with Crippen molar-refractivity contribution in [3.05, 3.63) is 101 Å². The highest BCUT2D eigenvalue weighted by Gasteiger charge is 2.26. The molecule has 180 valence electrons. The summed E-state index contributed by atoms with van der Waals surface area (Å²) in [5.74, 6) is 0.249. The Hall–Kier alpha value is -3.63. The summed E-state index contributed by atoms with van der Waals surface area (Å²) in [4.78, 5) is 15.1. The molecule has 0 aromatic heterocycles. The van der Waals surface area contributed by atoms with E-state index >= 15 is 0 Å². The van der Waals surface area contributed by atoms with Gasteiger partial charge < -0.3 is 4.90 Å². The van der Waals surface area contributed by atoms with Gasteiger partial charge in [0, 0.05) is 24.3 Å². The quantitative estimate of drug-likeness (QED) is 0.515. The van der Waals surface area contributed by atoms with Crippen LogP contribution in [0.25, 0.3) is 0 Å². The molecule has 1 saturated heterocycles. The van der Waals surface area contributed by atoms with E-state index in [1.807, 2.05) is 66.4 Å². The molecule has 0 spiro atoms. The third-order valence-corrected chi connectivity index (χ3v) is 7.83. The van der Waals surface area contributed by atoms with Crippen molar-refractivity contribution in [2.24, 2.45) is 0 Å². The molecule has 0 unspecified atom stereocenters. The first-order chi connectivity index (χ1) is 16.8. The fourth-order valence-corrected chi connectivity index (χ4v) is 5.55. The van der Waals surface area contributed by atoms with E-state index in [9.17, 15) is 13.2 Å². The lowest BCUT2D eigenvalue weighted by molar-refractivity contribution is 0.0712. The third kappa shape index (κ3) is 6.28. The Balaban J connectivity index is 1.39. The van der Waals surface area contributed by atoms with Crippen LogP contribution in [0.1, 0.15) is 51.4 Å². The summed E-state index contributed by atoms with van der Waals surface area (Å²) in [7, 11) is -3.55. The number of sulfonamides is 1. The summed E-state index contributed by atoms with van der Waals surface area (Å²) in [6, 6.07) is 24.4. The molecular weight excluding hydrogens is 458 g/mol. The van der Waals surface area contributed by atoms with Gasteiger partial charge in [0.2, 0.25) is 10.0 Å². The van der Waals surface area contributed by atoms with Gasteiger partial charge in [-0.15, -0.1) is 0 Å². The van der Waals surface area contributed by atoms with Crippen LogP contribution in [-0.2, 0) is 16.4 Å². The van der Waals surface area contributed by atoms with Gasteiger partial charge >= 0.3 is 0 Å². The van der Waals surface area contributed by atoms with E-state index in [1.54, 1.807) is 18.2 Å². The molecule has 1 fully saturated rings. The monoisotopic (exact) mass is 487 g/mol. The maximum atomic E-state index is 13.3. The van der Waals surface area contributed by atoms with Crippen molar-refractivity contribution in [1.82, 2.24) is 4.90 Å². The van der Waals surface area contributed by atoms with Crippen molar-refractivity contribution in [3.63, 3.8) is 0 Å². The molecule has 3 aromatic carbocycles. The first-order valence-electron chi connectivity index (χ1n) is 11.8. The first-order valence-corrected chi connectivity index (χ1v) is 13.4. The van der Waals surface area contributed by atoms with Gasteiger partial charge in [0.1, 0.15) is 0 Å². The highest BCUT2D eigenvalue weighted by molar-refractivity contribution is 7.92. The normalized spacial score (nSPS) is 14.3. The Bertz CT molecular complexity index is 1320. The average molecular weight is 488 g/mol. The molecule has 7 heteroatoms. The topological polar surface area (TPSA) is 90.3 Å². The van der Waals surface area contributed by atoms with Crippen LogP contribution in [0.2, 0.25) is 0 Å². The van der Waals surface area contributed by atoms with Crippen LogP contribution in [0, 0.1) is 18.3 Å². The van der Waals surface area contributed by atoms with Crippen LogP contribution in [0.3, 0.4) is 0 Å². The van der Waals surface area contributed by atoms with Crippen molar-refractivity contribution >= 4 is 21.6 Å². The van der Waals surface area contributed by atoms with E-state index in [4.69, 9.17) is 5.26 Å². The molecule has 0 atom stereocenters. The molecule has 0 aliphatic carbocycles. The van der Waals surface area contributed by atoms with Gasteiger partial charge in [-0.25, -0.2) is 8.42 Å². The molecular formula is C28H29N3O3S. The zero-order valence-electron chi connectivity index (χ0n) is 19.8. The lowest BCUT2D eigenvalue weighted by Gasteiger charge is -2.32. The second-order valence-corrected chi connectivity index (χ2v) is 10.8. The average Bonchev–Trinajstić information content (AvgIpc) is 2.89. The lowest BCUT2D eigenvalue weighted by atomic mass is 9.88. The van der Waals surface area contributed by atoms with Crippen LogP contribution in [0.15, 0.2) is 72.8 Å². The summed E-state index contributed by atoms with van der Waals surface area (Å²) in [6.45, 7) is 3.14. The van der Waals surface area contributed by atoms with Gasteiger partial charge in [-0.05, 0) is 73.1 Å². The molecule has 1 aliphatic heterocycles. The summed E-state index contributed by atoms with van der Waals surface area (Å²) in [6.07, 6.45) is 2.12. The van der Waals surface area contributed by atoms with Crippen molar-refractivity contribution in [2.75, 3.05) is 23.6 Å². The van der Waals surface area contributed by atoms with Crippen LogP contribution in [0.5, 0.6) is 0 Å². The number of amides is 1. The number of carbonyl (C=O) groups excluding carboxylic acids is 1. The van der Waals surface area contributed by atoms with E-state index in [0.29, 0.717) is 42.2 Å². The van der Waals surface area contributed by atoms with E-state index in [2.05, 4.69) is 10.8 Å². The SMILES string of the molecule is Cc1ccc(NS(=O)(=O)CCc2ccccc2)cc1C(=O)N1CCC(c2ccc(C#N)cc2)CC1. The van der Waals surface area contributed by atoms with Gasteiger partial charge in [-0.3, -0.25) is 9.52 Å². The van der Waals surface area contributed by atoms with E-state index < -0.39 is 10.0 Å². The number of carbonyl (C=O) groups is 1. The molecule has 4 rings (SSSR count). The molecule has 35 heavy (non-hydrogen) atoms. The third-order valence-electron chi connectivity index (χ3n) is 6.54. The minimum atomic E-state index is -3.55. The van der Waals surface area contributed by atoms with Gasteiger partial charge in [-0.2, -0.15) is 5.26 Å². The second-order valence-electron chi connectivity index (χ2n) is 8.99. The summed E-state index contributed by atoms with van der Waals surface area (Å²) >= 11 is 0. The molecule has 3 aromatic rings. The smallest absolute Gasteiger partial charge is 0.254 e. The van der Waals surface area contributed by atoms with Gasteiger partial charge in [-0.1, -0.05) is 48.5 Å². The molecule has 0 bridgehead atoms. The van der Waals surface area contributed by atoms with Crippen LogP contribution < -0.4 is 4.72 Å². The number of anilines is 1. The molecule has 1 amide bonds. The summed E-state index contributed by atoms with van der Waals surface area (Å²) in [5, 5.41) is 8.99. The Labute approximate surface area is 207 Å². The first kappa shape index (κ1) is 24.5. The predicted molar refractivity (Wildman–Crippen MR) is 138 cm³/mol. The zero-order valence-corrected chi connectivity index (χ0v) is 20.6. The molecule has 1 N–H and O–H groups in total. The predicted octanol–water partition coefficient (Wildman–Crippen LogP) is 4.87. The minimum absolute atomic E-state index is 0.0307. The van der Waals surface area contributed by atoms with E-state index in [1.165, 1.54) is 5.56 Å². The highest BCUT2D eigenvalue weighted by Crippen LogP contribution is 2.29. The Morgan fingerprint density at radius 1 is 1.03 bits per heavy atom. The maximum Gasteiger partial charge on any atom is 0.254 e. The number of likely N-dealkylation sites (tertiary alicyclic amines) is 1. The maximum absolute atomic E-state index is 13.3. The highest BCUT2D eigenvalue weighted by atomic mass is 32.2. The molecule has 0 saturated carbocycles. The van der Waals surface area contributed by atoms with Gasteiger partial charge in [0.15, 0.2) is 0 Å². The number of rotatable bonds is 7. The number of piperidine rings is 1. The fourth-order valence-electron chi connectivity index (χ4n) is 4.46. The Morgan fingerprint density at radius 3 is 2.37 bits per heavy atom. The van der Waals surface area contributed by atoms with Crippen molar-refractivity contribution in [1.29, 1.82) is 5.26 Å². The summed E-state index contributed by atoms with van der Waals surface area (Å²) < 4.78 is 27.9. The largest absolute Gasteiger partial charge is 0.339 e. The van der Waals surface area contributed by atoms with E-state index in [-0.39, 0.29) is 11.7 Å². The number of hydrogen-bond donors (Lipinski definition) is 1. The summed E-state index contributed by atoms with van der Waals surface area (Å²) in [5.41, 5.74) is 4.54. The minimum Gasteiger partial charge on any atom is -0.339 e. The van der Waals surface area contributed by atoms with Crippen molar-refractivity contribution in [3.8, 4) is 6.07 Å². The number of hydrogen-bond acceptors (Lipinski definition) is 4. The van der Waals surface area contributed by atoms with Gasteiger partial charge in [0.05, 0.1) is 17.4 Å². The van der Waals surface area contributed by atoms with Crippen LogP contribution in [0.4, 0.5) is 5.69 Å². The standard InChI is InChI=1S/C28H29N3O3S/c1-21-7-12-26(30-35(33,34)18-15-22-5-3-2-4-6-22)19-27(21)28(32)31-16-13-25(14-17-31)24-10-8-23(20-29)9-11-24/h2-12,19,25,30H,13-18H2,1H3. The number of nitrogens with one attached hydrogen (secondary N) is 1. The number of benzene rings is 3. The van der Waals surface area contributed by atoms with Crippen molar-refractivity contribution in [2.45, 2.75) is 32.1 Å². The number of nitrogens with zero attached hydrogens (tertiary/aromatic N) is 2. The number of nitriles is 1. The van der Waals surface area contributed by atoms with Crippen molar-refractivity contribution < 1.29 is 13.2 Å². The lowest BCUT2D eigenvalue weighted by Crippen LogP contribution is -2.38. The number of aryl methyl sites for hydroxylation is 2. The van der Waals surface area contributed by atoms with Crippen LogP contribution in [-0.4, -0.2) is 38.1 Å². The van der Waals surface area contributed by atoms with Crippen LogP contribution >= 0.6 is 0 Å². The molecule has 1 heterocycles. The molecule has 0 radical (unpaired) electrons. The zero-order chi connectivity index (χ0) is 24.8. The second kappa shape index (κ2) is 10.7. The Morgan fingerprint density at radius 2 is 1.71 bits per heavy atom. The fraction of sp³-hybridized carbons (Fsp3) is 0.286. The van der Waals surface area contributed by atoms with E-state index in [0.717, 1.165) is 24.0 Å². The Kier molecular flexibility index (Phi) is 7.52. The van der Waals surface area contributed by atoms with Gasteiger partial charge in [0.25, 0.3) is 5.91 Å². The molecule has 1 aliphatic rings. The molecule has 6 nitrogen and oxygen atoms in total.